The van der Waals surface area contributed by atoms with Crippen molar-refractivity contribution in [2.75, 3.05) is 19.8 Å². The number of aliphatic hydroxyl groups is 1. The van der Waals surface area contributed by atoms with Crippen molar-refractivity contribution in [2.24, 2.45) is 5.92 Å². The number of pyridine rings is 1. The van der Waals surface area contributed by atoms with Gasteiger partial charge in [-0.3, -0.25) is 24.4 Å². The fourth-order valence-corrected chi connectivity index (χ4v) is 5.64. The molecule has 3 aliphatic rings. The summed E-state index contributed by atoms with van der Waals surface area (Å²) in [5.41, 5.74) is 3.26. The van der Waals surface area contributed by atoms with Crippen LogP contribution in [0.15, 0.2) is 36.4 Å². The maximum atomic E-state index is 13.5. The highest BCUT2D eigenvalue weighted by atomic mass is 16.7. The predicted molar refractivity (Wildman–Crippen MR) is 167 cm³/mol. The Morgan fingerprint density at radius 2 is 1.73 bits per heavy atom. The van der Waals surface area contributed by atoms with Gasteiger partial charge in [-0.05, 0) is 70.2 Å². The van der Waals surface area contributed by atoms with Crippen LogP contribution in [0.1, 0.15) is 71.7 Å². The molecule has 2 unspecified atom stereocenters. The molecule has 5 bridgehead atoms. The fourth-order valence-electron chi connectivity index (χ4n) is 5.64. The van der Waals surface area contributed by atoms with E-state index in [1.54, 1.807) is 32.9 Å². The number of carbonyl (C=O) groups excluding carboxylic acids is 3. The van der Waals surface area contributed by atoms with Crippen LogP contribution >= 0.6 is 0 Å². The van der Waals surface area contributed by atoms with Crippen molar-refractivity contribution in [3.8, 4) is 0 Å². The van der Waals surface area contributed by atoms with Crippen LogP contribution in [0.4, 0.5) is 0 Å². The number of nitrogens with zero attached hydrogens (tertiary/aromatic N) is 2. The number of carbonyl (C=O) groups is 3. The summed E-state index contributed by atoms with van der Waals surface area (Å²) in [6.45, 7) is 11.4. The Bertz CT molecular complexity index is 1450. The Morgan fingerprint density at radius 3 is 2.44 bits per heavy atom. The summed E-state index contributed by atoms with van der Waals surface area (Å²) < 4.78 is 18.4. The fraction of sp³-hybridized carbons (Fsp3) is 0.576. The first kappa shape index (κ1) is 33.0. The molecule has 5 rings (SSSR count). The molecule has 4 heterocycles. The monoisotopic (exact) mass is 623 g/mol. The van der Waals surface area contributed by atoms with Crippen molar-refractivity contribution in [1.29, 1.82) is 0 Å². The van der Waals surface area contributed by atoms with Crippen LogP contribution in [-0.4, -0.2) is 88.3 Å². The SMILES string of the molecule is CC(C)[C@@H]1OC(O)C2(/C=C/c3ccc4ccc(nc4c3)[C@@H](C)NC(=O)[C@@H]3CCCN(N3)C(=O)[C@H](C)NC1=O)COC(C)(C)CO2. The lowest BCUT2D eigenvalue weighted by Gasteiger charge is -2.44. The number of ether oxygens (including phenoxy) is 3. The molecule has 1 aromatic carbocycles. The number of hydrogen-bond donors (Lipinski definition) is 4. The smallest absolute Gasteiger partial charge is 0.258 e. The zero-order valence-electron chi connectivity index (χ0n) is 26.8. The molecule has 2 aromatic rings. The first-order valence-corrected chi connectivity index (χ1v) is 15.7. The van der Waals surface area contributed by atoms with Gasteiger partial charge in [0.25, 0.3) is 5.91 Å². The Labute approximate surface area is 263 Å². The van der Waals surface area contributed by atoms with Gasteiger partial charge in [0.2, 0.25) is 11.8 Å². The standard InChI is InChI=1S/C33H45N5O7/c1-19(2)27-29(40)35-21(4)30(41)38-15-7-8-25(37-38)28(39)34-20(3)24-12-11-23-10-9-22(16-26(23)36-24)13-14-33(31(42)45-27)18-43-32(5,6)17-44-33/h9-14,16,19-21,25,27,31,37,42H,7-8,15,17-18H2,1-6H3,(H,34,39)(H,35,40)/b14-13+/t20-,21+,25+,27+,31?,33?/m1/s1. The molecule has 4 N–H and O–H groups in total. The number of amides is 3. The van der Waals surface area contributed by atoms with Gasteiger partial charge in [-0.25, -0.2) is 5.43 Å². The van der Waals surface area contributed by atoms with E-state index >= 15 is 0 Å². The Kier molecular flexibility index (Phi) is 9.62. The van der Waals surface area contributed by atoms with E-state index in [-0.39, 0.29) is 37.0 Å². The average molecular weight is 624 g/mol. The number of hydrogen-bond acceptors (Lipinski definition) is 9. The van der Waals surface area contributed by atoms with E-state index in [2.05, 4.69) is 16.1 Å². The van der Waals surface area contributed by atoms with E-state index in [1.165, 1.54) is 5.01 Å². The number of nitrogens with one attached hydrogen (secondary N) is 3. The molecule has 3 amide bonds. The zero-order chi connectivity index (χ0) is 32.5. The summed E-state index contributed by atoms with van der Waals surface area (Å²) in [6.07, 6.45) is 1.99. The summed E-state index contributed by atoms with van der Waals surface area (Å²) in [5.74, 6) is -1.54. The van der Waals surface area contributed by atoms with Crippen LogP contribution < -0.4 is 16.1 Å². The van der Waals surface area contributed by atoms with Crippen molar-refractivity contribution in [3.63, 3.8) is 0 Å². The van der Waals surface area contributed by atoms with Crippen molar-refractivity contribution in [2.45, 2.75) is 96.1 Å². The van der Waals surface area contributed by atoms with Gasteiger partial charge in [-0.1, -0.05) is 38.1 Å². The number of hydrazine groups is 1. The number of aliphatic hydroxyl groups excluding tert-OH is 1. The summed E-state index contributed by atoms with van der Waals surface area (Å²) in [6, 6.07) is 7.70. The predicted octanol–water partition coefficient (Wildman–Crippen LogP) is 2.36. The van der Waals surface area contributed by atoms with Crippen LogP contribution in [0.2, 0.25) is 0 Å². The molecule has 0 radical (unpaired) electrons. The number of aromatic nitrogens is 1. The molecule has 1 spiro atoms. The third-order valence-electron chi connectivity index (χ3n) is 8.53. The molecular weight excluding hydrogens is 578 g/mol. The maximum absolute atomic E-state index is 13.5. The van der Waals surface area contributed by atoms with Gasteiger partial charge >= 0.3 is 0 Å². The van der Waals surface area contributed by atoms with E-state index in [0.29, 0.717) is 25.1 Å². The average Bonchev–Trinajstić information content (AvgIpc) is 3.01. The summed E-state index contributed by atoms with van der Waals surface area (Å²) in [5, 5.41) is 19.6. The van der Waals surface area contributed by atoms with Crippen LogP contribution in [0, 0.1) is 5.92 Å². The molecule has 0 aliphatic carbocycles. The lowest BCUT2D eigenvalue weighted by atomic mass is 9.97. The van der Waals surface area contributed by atoms with Gasteiger partial charge in [-0.2, -0.15) is 0 Å². The van der Waals surface area contributed by atoms with Gasteiger partial charge < -0.3 is 30.0 Å². The lowest BCUT2D eigenvalue weighted by Crippen LogP contribution is -2.62. The molecule has 1 aromatic heterocycles. The molecule has 12 nitrogen and oxygen atoms in total. The summed E-state index contributed by atoms with van der Waals surface area (Å²) in [4.78, 5) is 44.9. The second kappa shape index (κ2) is 13.1. The molecule has 12 heteroatoms. The van der Waals surface area contributed by atoms with E-state index in [1.807, 2.05) is 51.1 Å². The highest BCUT2D eigenvalue weighted by Gasteiger charge is 2.47. The first-order valence-electron chi connectivity index (χ1n) is 15.7. The van der Waals surface area contributed by atoms with Crippen molar-refractivity contribution < 1.29 is 33.7 Å². The van der Waals surface area contributed by atoms with Gasteiger partial charge in [-0.15, -0.1) is 0 Å². The third-order valence-corrected chi connectivity index (χ3v) is 8.53. The molecule has 6 atom stereocenters. The number of rotatable bonds is 1. The molecule has 3 aliphatic heterocycles. The Balaban J connectivity index is 1.53. The van der Waals surface area contributed by atoms with E-state index in [4.69, 9.17) is 19.2 Å². The van der Waals surface area contributed by atoms with E-state index < -0.39 is 41.6 Å². The Hall–Kier alpha value is -3.42. The minimum atomic E-state index is -1.57. The molecule has 244 valence electrons. The quantitative estimate of drug-likeness (QED) is 0.375. The topological polar surface area (TPSA) is 151 Å². The molecule has 0 saturated carbocycles. The van der Waals surface area contributed by atoms with Gasteiger partial charge in [0.05, 0.1) is 36.1 Å². The van der Waals surface area contributed by atoms with Crippen LogP contribution in [0.25, 0.3) is 17.0 Å². The largest absolute Gasteiger partial charge is 0.370 e. The molecule has 2 saturated heterocycles. The highest BCUT2D eigenvalue weighted by Crippen LogP contribution is 2.32. The number of fused-ring (bicyclic) bond motifs is 4. The maximum Gasteiger partial charge on any atom is 0.258 e. The first-order chi connectivity index (χ1) is 21.3. The normalized spacial score (nSPS) is 32.4. The summed E-state index contributed by atoms with van der Waals surface area (Å²) in [7, 11) is 0. The second-order valence-electron chi connectivity index (χ2n) is 13.2. The van der Waals surface area contributed by atoms with Crippen LogP contribution in [0.3, 0.4) is 0 Å². The number of benzene rings is 1. The third kappa shape index (κ3) is 7.36. The molecular formula is C33H45N5O7. The van der Waals surface area contributed by atoms with E-state index in [9.17, 15) is 19.5 Å². The lowest BCUT2D eigenvalue weighted by molar-refractivity contribution is -0.293. The second-order valence-corrected chi connectivity index (χ2v) is 13.2. The zero-order valence-corrected chi connectivity index (χ0v) is 26.8. The van der Waals surface area contributed by atoms with Gasteiger partial charge in [0.1, 0.15) is 18.2 Å². The Morgan fingerprint density at radius 1 is 1.00 bits per heavy atom. The van der Waals surface area contributed by atoms with Gasteiger partial charge in [0.15, 0.2) is 11.9 Å². The van der Waals surface area contributed by atoms with Gasteiger partial charge in [0, 0.05) is 11.9 Å². The van der Waals surface area contributed by atoms with E-state index in [0.717, 1.165) is 16.5 Å². The summed E-state index contributed by atoms with van der Waals surface area (Å²) >= 11 is 0. The minimum absolute atomic E-state index is 0.0199. The molecule has 45 heavy (non-hydrogen) atoms. The van der Waals surface area contributed by atoms with Crippen molar-refractivity contribution in [1.82, 2.24) is 26.1 Å². The highest BCUT2D eigenvalue weighted by molar-refractivity contribution is 5.90. The van der Waals surface area contributed by atoms with Crippen molar-refractivity contribution >= 4 is 34.7 Å². The van der Waals surface area contributed by atoms with Crippen LogP contribution in [-0.2, 0) is 28.6 Å². The molecule has 2 fully saturated rings. The van der Waals surface area contributed by atoms with Crippen LogP contribution in [0.5, 0.6) is 0 Å². The van der Waals surface area contributed by atoms with Crippen molar-refractivity contribution in [3.05, 3.63) is 47.7 Å². The minimum Gasteiger partial charge on any atom is -0.370 e.